The summed E-state index contributed by atoms with van der Waals surface area (Å²) in [4.78, 5) is 0. The maximum absolute atomic E-state index is 6.53. The summed E-state index contributed by atoms with van der Waals surface area (Å²) >= 11 is 0. The van der Waals surface area contributed by atoms with Gasteiger partial charge in [0.2, 0.25) is 5.72 Å². The number of hydrogen-bond acceptors (Lipinski definition) is 2. The molecule has 0 bridgehead atoms. The molecule has 1 aliphatic rings. The molecule has 138 valence electrons. The van der Waals surface area contributed by atoms with Gasteiger partial charge in [-0.25, -0.2) is 0 Å². The van der Waals surface area contributed by atoms with Crippen LogP contribution in [0.4, 0.5) is 0 Å². The number of para-hydroxylation sites is 1. The van der Waals surface area contributed by atoms with Crippen LogP contribution >= 0.6 is 0 Å². The molecule has 28 heavy (non-hydrogen) atoms. The second-order valence-corrected chi connectivity index (χ2v) is 7.01. The van der Waals surface area contributed by atoms with Crippen LogP contribution in [-0.2, 0) is 5.72 Å². The molecule has 1 aliphatic heterocycles. The monoisotopic (exact) mass is 365 g/mol. The quantitative estimate of drug-likeness (QED) is 0.624. The van der Waals surface area contributed by atoms with E-state index in [0.717, 1.165) is 33.6 Å². The normalized spacial score (nSPS) is 18.0. The zero-order chi connectivity index (χ0) is 19.6. The highest BCUT2D eigenvalue weighted by Crippen LogP contribution is 2.44. The van der Waals surface area contributed by atoms with Gasteiger partial charge < -0.3 is 4.74 Å². The van der Waals surface area contributed by atoms with Crippen molar-refractivity contribution in [2.75, 3.05) is 7.05 Å². The lowest BCUT2D eigenvalue weighted by molar-refractivity contribution is 0.0729. The lowest BCUT2D eigenvalue weighted by atomic mass is 9.86. The third-order valence-corrected chi connectivity index (χ3v) is 5.24. The Labute approximate surface area is 166 Å². The Hall–Kier alpha value is -3.28. The van der Waals surface area contributed by atoms with Crippen LogP contribution in [0.2, 0.25) is 0 Å². The van der Waals surface area contributed by atoms with Crippen LogP contribution in [0, 0.1) is 18.8 Å². The summed E-state index contributed by atoms with van der Waals surface area (Å²) in [5.74, 6) is 7.60. The number of nitrogens with one attached hydrogen (secondary N) is 1. The van der Waals surface area contributed by atoms with Gasteiger partial charge in [0.15, 0.2) is 0 Å². The zero-order valence-corrected chi connectivity index (χ0v) is 16.4. The van der Waals surface area contributed by atoms with Crippen LogP contribution in [0.3, 0.4) is 0 Å². The Morgan fingerprint density at radius 2 is 1.46 bits per heavy atom. The van der Waals surface area contributed by atoms with Crippen molar-refractivity contribution in [2.45, 2.75) is 19.6 Å². The van der Waals surface area contributed by atoms with Crippen LogP contribution < -0.4 is 10.1 Å². The SMILES string of the molecule is CNC1(c2ccccc2)Oc2ccccc2C(C#Cc2ccc(C)cc2)=C1C. The minimum absolute atomic E-state index is 0.743. The molecule has 1 unspecified atom stereocenters. The Morgan fingerprint density at radius 1 is 0.786 bits per heavy atom. The molecule has 1 N–H and O–H groups in total. The lowest BCUT2D eigenvalue weighted by Crippen LogP contribution is -2.48. The van der Waals surface area contributed by atoms with Gasteiger partial charge in [0.25, 0.3) is 0 Å². The number of aryl methyl sites for hydroxylation is 1. The molecule has 3 aromatic rings. The molecule has 1 heterocycles. The van der Waals surface area contributed by atoms with Crippen molar-refractivity contribution >= 4 is 5.57 Å². The highest BCUT2D eigenvalue weighted by Gasteiger charge is 2.40. The van der Waals surface area contributed by atoms with E-state index in [1.807, 2.05) is 43.4 Å². The number of allylic oxidation sites excluding steroid dienone is 1. The first-order chi connectivity index (χ1) is 13.6. The van der Waals surface area contributed by atoms with Gasteiger partial charge in [-0.05, 0) is 45.2 Å². The smallest absolute Gasteiger partial charge is 0.210 e. The largest absolute Gasteiger partial charge is 0.464 e. The highest BCUT2D eigenvalue weighted by molar-refractivity contribution is 5.87. The fraction of sp³-hybridized carbons (Fsp3) is 0.154. The molecule has 4 rings (SSSR count). The molecule has 0 spiro atoms. The number of hydrogen-bond donors (Lipinski definition) is 1. The average molecular weight is 365 g/mol. The molecule has 2 nitrogen and oxygen atoms in total. The Morgan fingerprint density at radius 3 is 2.18 bits per heavy atom. The summed E-state index contributed by atoms with van der Waals surface area (Å²) in [5.41, 5.74) is 5.63. The van der Waals surface area contributed by atoms with Crippen molar-refractivity contribution in [3.63, 3.8) is 0 Å². The number of fused-ring (bicyclic) bond motifs is 1. The van der Waals surface area contributed by atoms with Gasteiger partial charge in [0.05, 0.1) is 0 Å². The summed E-state index contributed by atoms with van der Waals surface area (Å²) in [6, 6.07) is 26.6. The maximum Gasteiger partial charge on any atom is 0.210 e. The number of ether oxygens (including phenoxy) is 1. The van der Waals surface area contributed by atoms with E-state index in [2.05, 4.69) is 73.5 Å². The Bertz CT molecular complexity index is 1080. The van der Waals surface area contributed by atoms with Crippen molar-refractivity contribution in [3.05, 3.63) is 107 Å². The van der Waals surface area contributed by atoms with Gasteiger partial charge in [0.1, 0.15) is 5.75 Å². The first-order valence-electron chi connectivity index (χ1n) is 9.47. The molecule has 1 atom stereocenters. The van der Waals surface area contributed by atoms with Gasteiger partial charge >= 0.3 is 0 Å². The first-order valence-corrected chi connectivity index (χ1v) is 9.47. The standard InChI is InChI=1S/C26H23NO/c1-19-13-15-21(16-14-19)17-18-23-20(2)26(27-3,22-9-5-4-6-10-22)28-25-12-8-7-11-24(23)25/h4-16,27H,1-3H3. The molecule has 0 saturated carbocycles. The highest BCUT2D eigenvalue weighted by atomic mass is 16.5. The average Bonchev–Trinajstić information content (AvgIpc) is 2.74. The number of rotatable bonds is 2. The van der Waals surface area contributed by atoms with Crippen LogP contribution in [0.1, 0.15) is 29.2 Å². The maximum atomic E-state index is 6.53. The molecule has 0 saturated heterocycles. The lowest BCUT2D eigenvalue weighted by Gasteiger charge is -2.40. The van der Waals surface area contributed by atoms with E-state index in [1.54, 1.807) is 0 Å². The summed E-state index contributed by atoms with van der Waals surface area (Å²) in [5, 5.41) is 3.41. The van der Waals surface area contributed by atoms with Crippen molar-refractivity contribution in [3.8, 4) is 17.6 Å². The molecule has 0 aromatic heterocycles. The number of likely N-dealkylation sites (N-methyl/N-ethyl adjacent to an activating group) is 1. The summed E-state index contributed by atoms with van der Waals surface area (Å²) in [6.45, 7) is 4.18. The van der Waals surface area contributed by atoms with Crippen molar-refractivity contribution in [2.24, 2.45) is 0 Å². The second-order valence-electron chi connectivity index (χ2n) is 7.01. The minimum Gasteiger partial charge on any atom is -0.464 e. The van der Waals surface area contributed by atoms with Crippen LogP contribution in [0.5, 0.6) is 5.75 Å². The number of benzene rings is 3. The van der Waals surface area contributed by atoms with E-state index in [0.29, 0.717) is 0 Å². The van der Waals surface area contributed by atoms with Crippen molar-refractivity contribution in [1.29, 1.82) is 0 Å². The molecule has 3 aromatic carbocycles. The summed E-state index contributed by atoms with van der Waals surface area (Å²) in [7, 11) is 1.93. The third-order valence-electron chi connectivity index (χ3n) is 5.24. The van der Waals surface area contributed by atoms with Crippen molar-refractivity contribution < 1.29 is 4.74 Å². The molecular formula is C26H23NO. The molecule has 0 amide bonds. The molecule has 0 aliphatic carbocycles. The summed E-state index contributed by atoms with van der Waals surface area (Å²) in [6.07, 6.45) is 0. The van der Waals surface area contributed by atoms with Gasteiger partial charge in [-0.2, -0.15) is 0 Å². The summed E-state index contributed by atoms with van der Waals surface area (Å²) < 4.78 is 6.53. The Balaban J connectivity index is 1.91. The van der Waals surface area contributed by atoms with Crippen LogP contribution in [0.25, 0.3) is 5.57 Å². The fourth-order valence-corrected chi connectivity index (χ4v) is 3.65. The molecule has 0 radical (unpaired) electrons. The first kappa shape index (κ1) is 18.1. The van der Waals surface area contributed by atoms with Gasteiger partial charge in [-0.3, -0.25) is 5.32 Å². The van der Waals surface area contributed by atoms with E-state index >= 15 is 0 Å². The van der Waals surface area contributed by atoms with E-state index in [1.165, 1.54) is 5.56 Å². The zero-order valence-electron chi connectivity index (χ0n) is 16.4. The minimum atomic E-state index is -0.743. The van der Waals surface area contributed by atoms with E-state index in [9.17, 15) is 0 Å². The molecule has 2 heteroatoms. The van der Waals surface area contributed by atoms with E-state index in [4.69, 9.17) is 4.74 Å². The molecular weight excluding hydrogens is 342 g/mol. The topological polar surface area (TPSA) is 21.3 Å². The van der Waals surface area contributed by atoms with Crippen molar-refractivity contribution in [1.82, 2.24) is 5.32 Å². The van der Waals surface area contributed by atoms with Gasteiger partial charge in [-0.1, -0.05) is 72.0 Å². The Kier molecular flexibility index (Phi) is 4.77. The predicted molar refractivity (Wildman–Crippen MR) is 115 cm³/mol. The van der Waals surface area contributed by atoms with Crippen LogP contribution in [-0.4, -0.2) is 7.05 Å². The second kappa shape index (κ2) is 7.38. The predicted octanol–water partition coefficient (Wildman–Crippen LogP) is 5.29. The fourth-order valence-electron chi connectivity index (χ4n) is 3.65. The molecule has 0 fully saturated rings. The van der Waals surface area contributed by atoms with Gasteiger partial charge in [-0.15, -0.1) is 0 Å². The van der Waals surface area contributed by atoms with E-state index in [-0.39, 0.29) is 0 Å². The third kappa shape index (κ3) is 3.11. The van der Waals surface area contributed by atoms with Crippen LogP contribution in [0.15, 0.2) is 84.4 Å². The van der Waals surface area contributed by atoms with E-state index < -0.39 is 5.72 Å². The van der Waals surface area contributed by atoms with Gasteiger partial charge in [0, 0.05) is 27.8 Å².